The molecule has 0 saturated carbocycles. The molecular weight excluding hydrogens is 478 g/mol. The molecule has 1 aliphatic heterocycles. The van der Waals surface area contributed by atoms with Crippen LogP contribution in [-0.4, -0.2) is 74.1 Å². The molecule has 0 amide bonds. The first-order valence-electron chi connectivity index (χ1n) is 13.8. The van der Waals surface area contributed by atoms with Gasteiger partial charge in [-0.05, 0) is 36.8 Å². The second kappa shape index (κ2) is 15.9. The van der Waals surface area contributed by atoms with Gasteiger partial charge in [0.1, 0.15) is 0 Å². The highest BCUT2D eigenvalue weighted by Crippen LogP contribution is 2.28. The molecule has 2 aromatic carbocycles. The number of nitrogens with one attached hydrogen (secondary N) is 2. The van der Waals surface area contributed by atoms with Crippen LogP contribution in [0.15, 0.2) is 60.7 Å². The molecule has 3 aromatic rings. The monoisotopic (exact) mass is 519 g/mol. The number of benzene rings is 2. The first-order chi connectivity index (χ1) is 18.8. The third kappa shape index (κ3) is 8.93. The largest absolute Gasteiger partial charge is 0.378 e. The van der Waals surface area contributed by atoms with Crippen LogP contribution in [0.2, 0.25) is 0 Å². The van der Waals surface area contributed by atoms with Crippen molar-refractivity contribution in [2.75, 3.05) is 74.7 Å². The molecule has 4 rings (SSSR count). The van der Waals surface area contributed by atoms with Gasteiger partial charge in [-0.1, -0.05) is 60.7 Å². The third-order valence-electron chi connectivity index (χ3n) is 6.55. The van der Waals surface area contributed by atoms with Crippen LogP contribution in [0.5, 0.6) is 0 Å². The first kappa shape index (κ1) is 27.8. The summed E-state index contributed by atoms with van der Waals surface area (Å²) < 4.78 is 11.0. The van der Waals surface area contributed by atoms with E-state index in [1.165, 1.54) is 17.5 Å². The van der Waals surface area contributed by atoms with Gasteiger partial charge in [-0.25, -0.2) is 0 Å². The Labute approximate surface area is 226 Å². The van der Waals surface area contributed by atoms with Crippen LogP contribution in [0.3, 0.4) is 0 Å². The third-order valence-corrected chi connectivity index (χ3v) is 6.55. The predicted octanol–water partition coefficient (Wildman–Crippen LogP) is 3.90. The highest BCUT2D eigenvalue weighted by atomic mass is 16.5. The van der Waals surface area contributed by atoms with Crippen molar-refractivity contribution >= 4 is 17.8 Å². The number of piperidine rings is 1. The molecule has 9 heteroatoms. The molecule has 0 unspecified atom stereocenters. The van der Waals surface area contributed by atoms with Crippen molar-refractivity contribution in [3.8, 4) is 0 Å². The van der Waals surface area contributed by atoms with Gasteiger partial charge in [0.2, 0.25) is 17.8 Å². The van der Waals surface area contributed by atoms with E-state index < -0.39 is 0 Å². The van der Waals surface area contributed by atoms with Gasteiger partial charge in [-0.3, -0.25) is 0 Å². The topological polar surface area (TPSA) is 110 Å². The van der Waals surface area contributed by atoms with Crippen LogP contribution >= 0.6 is 0 Å². The van der Waals surface area contributed by atoms with Gasteiger partial charge in [-0.2, -0.15) is 15.0 Å². The predicted molar refractivity (Wildman–Crippen MR) is 153 cm³/mol. The summed E-state index contributed by atoms with van der Waals surface area (Å²) in [5.41, 5.74) is 8.04. The average molecular weight is 520 g/mol. The Kier molecular flexibility index (Phi) is 11.6. The van der Waals surface area contributed by atoms with E-state index in [-0.39, 0.29) is 5.92 Å². The van der Waals surface area contributed by atoms with E-state index in [9.17, 15) is 0 Å². The SMILES string of the molecule is NCCOCCOCCNc1nc(NCCC(c2ccccc2)c2ccccc2)nc(N2CCCCC2)n1. The number of nitrogens with two attached hydrogens (primary N) is 1. The zero-order valence-corrected chi connectivity index (χ0v) is 22.2. The number of aromatic nitrogens is 3. The van der Waals surface area contributed by atoms with Crippen molar-refractivity contribution in [1.29, 1.82) is 0 Å². The van der Waals surface area contributed by atoms with Crippen molar-refractivity contribution in [2.24, 2.45) is 5.73 Å². The van der Waals surface area contributed by atoms with Gasteiger partial charge < -0.3 is 30.7 Å². The van der Waals surface area contributed by atoms with Crippen molar-refractivity contribution in [2.45, 2.75) is 31.6 Å². The van der Waals surface area contributed by atoms with Crippen molar-refractivity contribution < 1.29 is 9.47 Å². The molecule has 1 aliphatic rings. The van der Waals surface area contributed by atoms with E-state index in [2.05, 4.69) is 81.2 Å². The lowest BCUT2D eigenvalue weighted by molar-refractivity contribution is 0.0547. The molecule has 204 valence electrons. The minimum absolute atomic E-state index is 0.289. The Hall–Kier alpha value is -3.27. The molecular formula is C29H41N7O2. The Morgan fingerprint density at radius 1 is 0.711 bits per heavy atom. The number of hydrogen-bond acceptors (Lipinski definition) is 9. The molecule has 0 aliphatic carbocycles. The molecule has 1 aromatic heterocycles. The van der Waals surface area contributed by atoms with E-state index >= 15 is 0 Å². The summed E-state index contributed by atoms with van der Waals surface area (Å²) in [6, 6.07) is 21.3. The molecule has 0 radical (unpaired) electrons. The van der Waals surface area contributed by atoms with Gasteiger partial charge in [0.15, 0.2) is 0 Å². The van der Waals surface area contributed by atoms with Crippen molar-refractivity contribution in [3.63, 3.8) is 0 Å². The Morgan fingerprint density at radius 2 is 1.29 bits per heavy atom. The van der Waals surface area contributed by atoms with Crippen LogP contribution in [0.4, 0.5) is 17.8 Å². The number of nitrogens with zero attached hydrogens (tertiary/aromatic N) is 4. The Balaban J connectivity index is 1.38. The van der Waals surface area contributed by atoms with Gasteiger partial charge in [0.05, 0.1) is 26.4 Å². The standard InChI is InChI=1S/C29H41N7O2/c30-15-20-37-22-23-38-21-17-32-28-33-27(34-29(35-28)36-18-8-3-9-19-36)31-16-14-26(24-10-4-1-5-11-24)25-12-6-2-7-13-25/h1-2,4-7,10-13,26H,3,8-9,14-23,30H2,(H2,31,32,33,34,35). The summed E-state index contributed by atoms with van der Waals surface area (Å²) in [5.74, 6) is 2.17. The highest BCUT2D eigenvalue weighted by Gasteiger charge is 2.17. The van der Waals surface area contributed by atoms with Crippen molar-refractivity contribution in [1.82, 2.24) is 15.0 Å². The molecule has 38 heavy (non-hydrogen) atoms. The maximum Gasteiger partial charge on any atom is 0.231 e. The molecule has 9 nitrogen and oxygen atoms in total. The molecule has 0 bridgehead atoms. The lowest BCUT2D eigenvalue weighted by atomic mass is 9.88. The number of anilines is 3. The Bertz CT molecular complexity index is 1010. The van der Waals surface area contributed by atoms with E-state index in [1.807, 2.05) is 0 Å². The van der Waals surface area contributed by atoms with Crippen LogP contribution in [0, 0.1) is 0 Å². The van der Waals surface area contributed by atoms with Crippen LogP contribution in [0.25, 0.3) is 0 Å². The second-order valence-electron chi connectivity index (χ2n) is 9.36. The fraction of sp³-hybridized carbons (Fsp3) is 0.483. The average Bonchev–Trinajstić information content (AvgIpc) is 2.98. The minimum atomic E-state index is 0.289. The zero-order valence-electron chi connectivity index (χ0n) is 22.2. The summed E-state index contributed by atoms with van der Waals surface area (Å²) in [6.07, 6.45) is 4.49. The molecule has 0 atom stereocenters. The lowest BCUT2D eigenvalue weighted by Crippen LogP contribution is -2.31. The second-order valence-corrected chi connectivity index (χ2v) is 9.36. The smallest absolute Gasteiger partial charge is 0.231 e. The number of rotatable bonds is 16. The Morgan fingerprint density at radius 3 is 1.89 bits per heavy atom. The molecule has 0 spiro atoms. The van der Waals surface area contributed by atoms with Gasteiger partial charge in [0.25, 0.3) is 0 Å². The van der Waals surface area contributed by atoms with E-state index in [0.717, 1.165) is 44.8 Å². The molecule has 2 heterocycles. The summed E-state index contributed by atoms with van der Waals surface area (Å²) in [5, 5.41) is 6.78. The molecule has 4 N–H and O–H groups in total. The lowest BCUT2D eigenvalue weighted by Gasteiger charge is -2.27. The fourth-order valence-electron chi connectivity index (χ4n) is 4.62. The van der Waals surface area contributed by atoms with Crippen molar-refractivity contribution in [3.05, 3.63) is 71.8 Å². The van der Waals surface area contributed by atoms with E-state index in [1.54, 1.807) is 0 Å². The summed E-state index contributed by atoms with van der Waals surface area (Å²) in [4.78, 5) is 16.4. The van der Waals surface area contributed by atoms with Gasteiger partial charge in [-0.15, -0.1) is 0 Å². The maximum atomic E-state index is 5.63. The highest BCUT2D eigenvalue weighted by molar-refractivity contribution is 5.44. The molecule has 1 fully saturated rings. The maximum absolute atomic E-state index is 5.63. The van der Waals surface area contributed by atoms with Gasteiger partial charge >= 0.3 is 0 Å². The van der Waals surface area contributed by atoms with Crippen LogP contribution in [-0.2, 0) is 9.47 Å². The quantitative estimate of drug-likeness (QED) is 0.243. The van der Waals surface area contributed by atoms with Crippen LogP contribution < -0.4 is 21.3 Å². The summed E-state index contributed by atoms with van der Waals surface area (Å²) in [7, 11) is 0. The molecule has 1 saturated heterocycles. The van der Waals surface area contributed by atoms with Gasteiger partial charge in [0, 0.05) is 38.6 Å². The fourth-order valence-corrected chi connectivity index (χ4v) is 4.62. The first-order valence-corrected chi connectivity index (χ1v) is 13.8. The van der Waals surface area contributed by atoms with Crippen LogP contribution in [0.1, 0.15) is 42.7 Å². The summed E-state index contributed by atoms with van der Waals surface area (Å²) in [6.45, 7) is 5.98. The van der Waals surface area contributed by atoms with E-state index in [0.29, 0.717) is 51.4 Å². The zero-order chi connectivity index (χ0) is 26.3. The number of ether oxygens (including phenoxy) is 2. The minimum Gasteiger partial charge on any atom is -0.378 e. The summed E-state index contributed by atoms with van der Waals surface area (Å²) >= 11 is 0. The normalized spacial score (nSPS) is 13.6. The van der Waals surface area contributed by atoms with E-state index in [4.69, 9.17) is 25.2 Å². The number of hydrogen-bond donors (Lipinski definition) is 3.